The average molecular weight is 341 g/mol. The summed E-state index contributed by atoms with van der Waals surface area (Å²) in [6, 6.07) is 3.20. The molecule has 0 aliphatic carbocycles. The topological polar surface area (TPSA) is 94.7 Å². The fourth-order valence-electron chi connectivity index (χ4n) is 1.73. The molecule has 0 fully saturated rings. The molecule has 0 amide bonds. The van der Waals surface area contributed by atoms with Gasteiger partial charge in [-0.1, -0.05) is 11.6 Å². The third-order valence-electron chi connectivity index (χ3n) is 2.69. The molecule has 3 rings (SSSR count). The monoisotopic (exact) mass is 340 g/mol. The van der Waals surface area contributed by atoms with Gasteiger partial charge < -0.3 is 19.0 Å². The lowest BCUT2D eigenvalue weighted by atomic mass is 10.2. The van der Waals surface area contributed by atoms with Crippen LogP contribution in [0.1, 0.15) is 11.5 Å². The Morgan fingerprint density at radius 1 is 1.36 bits per heavy atom. The van der Waals surface area contributed by atoms with Crippen LogP contribution in [0.15, 0.2) is 26.7 Å². The molecule has 0 saturated carbocycles. The number of hydrogen-bond donors (Lipinski definition) is 1. The maximum absolute atomic E-state index is 11.4. The van der Waals surface area contributed by atoms with E-state index in [1.54, 1.807) is 19.1 Å². The summed E-state index contributed by atoms with van der Waals surface area (Å²) < 4.78 is 15.6. The van der Waals surface area contributed by atoms with Gasteiger partial charge in [-0.15, -0.1) is 10.2 Å². The number of thioether (sulfide) groups is 1. The van der Waals surface area contributed by atoms with Gasteiger partial charge in [-0.2, -0.15) is 0 Å². The van der Waals surface area contributed by atoms with Gasteiger partial charge in [0, 0.05) is 13.0 Å². The molecule has 0 saturated heterocycles. The number of benzene rings is 1. The number of carboxylic acid groups (broad SMARTS) is 1. The Bertz CT molecular complexity index is 774. The van der Waals surface area contributed by atoms with Crippen molar-refractivity contribution in [1.82, 2.24) is 10.2 Å². The highest BCUT2D eigenvalue weighted by molar-refractivity contribution is 8.03. The smallest absolute Gasteiger partial charge is 0.342 e. The van der Waals surface area contributed by atoms with Crippen molar-refractivity contribution in [2.45, 2.75) is 12.1 Å². The lowest BCUT2D eigenvalue weighted by molar-refractivity contribution is -0.131. The molecule has 0 bridgehead atoms. The predicted molar refractivity (Wildman–Crippen MR) is 78.1 cm³/mol. The van der Waals surface area contributed by atoms with Crippen molar-refractivity contribution in [3.63, 3.8) is 0 Å². The maximum Gasteiger partial charge on any atom is 0.342 e. The zero-order valence-electron chi connectivity index (χ0n) is 11.2. The van der Waals surface area contributed by atoms with Gasteiger partial charge in [-0.3, -0.25) is 0 Å². The van der Waals surface area contributed by atoms with Crippen molar-refractivity contribution < 1.29 is 23.8 Å². The Hall–Kier alpha value is -2.19. The van der Waals surface area contributed by atoms with Crippen LogP contribution in [0.25, 0.3) is 6.08 Å². The minimum Gasteiger partial charge on any atom is -0.477 e. The van der Waals surface area contributed by atoms with Gasteiger partial charge in [0.25, 0.3) is 5.22 Å². The Balaban J connectivity index is 1.94. The van der Waals surface area contributed by atoms with Crippen molar-refractivity contribution in [1.29, 1.82) is 0 Å². The first-order valence-corrected chi connectivity index (χ1v) is 7.24. The van der Waals surface area contributed by atoms with Crippen molar-refractivity contribution in [3.05, 3.63) is 33.5 Å². The normalized spacial score (nSPS) is 13.5. The van der Waals surface area contributed by atoms with E-state index < -0.39 is 5.97 Å². The lowest BCUT2D eigenvalue weighted by Gasteiger charge is -2.03. The van der Waals surface area contributed by atoms with Gasteiger partial charge >= 0.3 is 5.97 Å². The van der Waals surface area contributed by atoms with E-state index in [9.17, 15) is 9.90 Å². The van der Waals surface area contributed by atoms with Crippen molar-refractivity contribution >= 4 is 35.4 Å². The molecule has 1 N–H and O–H groups in total. The number of rotatable bonds is 4. The van der Waals surface area contributed by atoms with E-state index in [-0.39, 0.29) is 16.9 Å². The number of halogens is 1. The number of aliphatic carboxylic acids is 1. The summed E-state index contributed by atoms with van der Waals surface area (Å²) in [5.74, 6) is 0.265. The standard InChI is InChI=1S/C13H9ClN2O5S/c1-6-15-16-13(21-6)22-11(12(17)18)3-7-2-9-10(4-8(7)14)20-5-19-9/h2-4H,5H2,1H3,(H,17,18)/b11-3-. The van der Waals surface area contributed by atoms with Gasteiger partial charge in [-0.05, 0) is 29.5 Å². The maximum atomic E-state index is 11.4. The predicted octanol–water partition coefficient (Wildman–Crippen LogP) is 2.98. The molecule has 9 heteroatoms. The number of fused-ring (bicyclic) bond motifs is 1. The zero-order valence-corrected chi connectivity index (χ0v) is 12.8. The van der Waals surface area contributed by atoms with Gasteiger partial charge in [-0.25, -0.2) is 4.79 Å². The third kappa shape index (κ3) is 3.02. The van der Waals surface area contributed by atoms with E-state index in [0.29, 0.717) is 28.0 Å². The summed E-state index contributed by atoms with van der Waals surface area (Å²) in [5, 5.41) is 17.2. The number of aryl methyl sites for hydroxylation is 1. The van der Waals surface area contributed by atoms with Crippen molar-refractivity contribution in [2.24, 2.45) is 0 Å². The molecule has 1 aromatic carbocycles. The molecule has 0 radical (unpaired) electrons. The molecule has 1 aliphatic heterocycles. The first kappa shape index (κ1) is 14.7. The highest BCUT2D eigenvalue weighted by Crippen LogP contribution is 2.38. The first-order valence-electron chi connectivity index (χ1n) is 6.05. The molecule has 22 heavy (non-hydrogen) atoms. The lowest BCUT2D eigenvalue weighted by Crippen LogP contribution is -1.97. The van der Waals surface area contributed by atoms with Crippen LogP contribution in [-0.4, -0.2) is 28.1 Å². The van der Waals surface area contributed by atoms with Crippen molar-refractivity contribution in [2.75, 3.05) is 6.79 Å². The summed E-state index contributed by atoms with van der Waals surface area (Å²) in [5.41, 5.74) is 0.493. The number of aromatic nitrogens is 2. The van der Waals surface area contributed by atoms with E-state index in [2.05, 4.69) is 10.2 Å². The third-order valence-corrected chi connectivity index (χ3v) is 3.87. The highest BCUT2D eigenvalue weighted by Gasteiger charge is 2.19. The average Bonchev–Trinajstić information content (AvgIpc) is 3.06. The van der Waals surface area contributed by atoms with E-state index in [0.717, 1.165) is 11.8 Å². The second-order valence-electron chi connectivity index (χ2n) is 4.23. The fourth-order valence-corrected chi connectivity index (χ4v) is 2.65. The zero-order chi connectivity index (χ0) is 15.7. The first-order chi connectivity index (χ1) is 10.5. The Kier molecular flexibility index (Phi) is 3.95. The molecular weight excluding hydrogens is 332 g/mol. The summed E-state index contributed by atoms with van der Waals surface area (Å²) >= 11 is 6.98. The van der Waals surface area contributed by atoms with Crippen LogP contribution < -0.4 is 9.47 Å². The summed E-state index contributed by atoms with van der Waals surface area (Å²) in [6.07, 6.45) is 1.41. The van der Waals surface area contributed by atoms with Gasteiger partial charge in [0.1, 0.15) is 4.91 Å². The summed E-state index contributed by atoms with van der Waals surface area (Å²) in [7, 11) is 0. The Morgan fingerprint density at radius 3 is 2.73 bits per heavy atom. The van der Waals surface area contributed by atoms with Crippen LogP contribution in [0.4, 0.5) is 0 Å². The van der Waals surface area contributed by atoms with Gasteiger partial charge in [0.15, 0.2) is 11.5 Å². The van der Waals surface area contributed by atoms with Crippen LogP contribution in [0.5, 0.6) is 11.5 Å². The Morgan fingerprint density at radius 2 is 2.09 bits per heavy atom. The van der Waals surface area contributed by atoms with E-state index in [4.69, 9.17) is 25.5 Å². The van der Waals surface area contributed by atoms with E-state index in [1.165, 1.54) is 6.08 Å². The van der Waals surface area contributed by atoms with Crippen molar-refractivity contribution in [3.8, 4) is 11.5 Å². The van der Waals surface area contributed by atoms with Crippen LogP contribution >= 0.6 is 23.4 Å². The van der Waals surface area contributed by atoms with Crippen LogP contribution in [0.3, 0.4) is 0 Å². The molecule has 2 aromatic rings. The van der Waals surface area contributed by atoms with E-state index in [1.807, 2.05) is 0 Å². The molecule has 0 unspecified atom stereocenters. The van der Waals surface area contributed by atoms with Crippen LogP contribution in [0.2, 0.25) is 5.02 Å². The molecule has 7 nitrogen and oxygen atoms in total. The van der Waals surface area contributed by atoms with Gasteiger partial charge in [0.2, 0.25) is 12.7 Å². The molecular formula is C13H9ClN2O5S. The molecule has 0 atom stereocenters. The number of carboxylic acids is 1. The SMILES string of the molecule is Cc1nnc(S/C(=C\c2cc3c(cc2Cl)OCO3)C(=O)O)o1. The minimum atomic E-state index is -1.13. The minimum absolute atomic E-state index is 0.00980. The van der Waals surface area contributed by atoms with E-state index >= 15 is 0 Å². The number of hydrogen-bond acceptors (Lipinski definition) is 7. The number of ether oxygens (including phenoxy) is 2. The van der Waals surface area contributed by atoms with Crippen LogP contribution in [-0.2, 0) is 4.79 Å². The quantitative estimate of drug-likeness (QED) is 0.670. The molecule has 1 aliphatic rings. The highest BCUT2D eigenvalue weighted by atomic mass is 35.5. The number of nitrogens with zero attached hydrogens (tertiary/aromatic N) is 2. The van der Waals surface area contributed by atoms with Gasteiger partial charge in [0.05, 0.1) is 5.02 Å². The molecule has 1 aromatic heterocycles. The number of carbonyl (C=O) groups is 1. The summed E-state index contributed by atoms with van der Waals surface area (Å²) in [4.78, 5) is 11.4. The molecule has 0 spiro atoms. The Labute approximate surface area is 133 Å². The fraction of sp³-hybridized carbons (Fsp3) is 0.154. The summed E-state index contributed by atoms with van der Waals surface area (Å²) in [6.45, 7) is 1.73. The second kappa shape index (κ2) is 5.90. The largest absolute Gasteiger partial charge is 0.477 e. The second-order valence-corrected chi connectivity index (χ2v) is 5.63. The molecule has 114 valence electrons. The van der Waals surface area contributed by atoms with Crippen LogP contribution in [0, 0.1) is 6.92 Å². The molecule has 2 heterocycles.